The molecule has 0 aromatic heterocycles. The Morgan fingerprint density at radius 3 is 2.49 bits per heavy atom. The van der Waals surface area contributed by atoms with Crippen LogP contribution in [0.1, 0.15) is 86.0 Å². The quantitative estimate of drug-likeness (QED) is 0.538. The first-order valence-electron chi connectivity index (χ1n) is 13.7. The third kappa shape index (κ3) is 2.94. The van der Waals surface area contributed by atoms with Gasteiger partial charge in [-0.1, -0.05) is 34.6 Å². The van der Waals surface area contributed by atoms with Crippen LogP contribution in [0.25, 0.3) is 0 Å². The first kappa shape index (κ1) is 25.1. The fourth-order valence-electron chi connectivity index (χ4n) is 10.8. The minimum atomic E-state index is -3.31. The SMILES string of the molecule is C[C@@H]1C[C](CNS(C)(=O)=O)O[C]2[C@H]1[C@@]1(C)CC[C@@]34C[C@@]35CCC(O)C(C)(C)[C@@H]5CC[C]4[C@]1(C)[C@H]2O. The van der Waals surface area contributed by atoms with Crippen molar-refractivity contribution in [3.63, 3.8) is 0 Å². The maximum Gasteiger partial charge on any atom is 0.208 e. The summed E-state index contributed by atoms with van der Waals surface area (Å²) in [6.07, 6.45) is 10.1. The third-order valence-corrected chi connectivity index (χ3v) is 13.3. The predicted octanol–water partition coefficient (Wildman–Crippen LogP) is 3.99. The lowest BCUT2D eigenvalue weighted by Crippen LogP contribution is -2.58. The number of fused-ring (bicyclic) bond motifs is 4. The Bertz CT molecular complexity index is 1010. The molecule has 1 saturated heterocycles. The molecule has 3 N–H and O–H groups in total. The van der Waals surface area contributed by atoms with Gasteiger partial charge in [-0.2, -0.15) is 0 Å². The second kappa shape index (κ2) is 7.25. The summed E-state index contributed by atoms with van der Waals surface area (Å²) < 4.78 is 32.3. The molecule has 6 nitrogen and oxygen atoms in total. The van der Waals surface area contributed by atoms with Gasteiger partial charge >= 0.3 is 0 Å². The summed E-state index contributed by atoms with van der Waals surface area (Å²) in [4.78, 5) is 0. The van der Waals surface area contributed by atoms with Crippen LogP contribution in [0.4, 0.5) is 0 Å². The van der Waals surface area contributed by atoms with E-state index in [1.165, 1.54) is 19.1 Å². The molecule has 7 heteroatoms. The number of aliphatic hydroxyl groups is 2. The van der Waals surface area contributed by atoms with Gasteiger partial charge in [-0.05, 0) is 90.8 Å². The maximum absolute atomic E-state index is 12.0. The molecule has 0 aromatic carbocycles. The average molecular weight is 507 g/mol. The van der Waals surface area contributed by atoms with Gasteiger partial charge < -0.3 is 14.9 Å². The average Bonchev–Trinajstić information content (AvgIpc) is 3.40. The maximum atomic E-state index is 12.0. The number of hydrogen-bond acceptors (Lipinski definition) is 5. The molecule has 0 bridgehead atoms. The van der Waals surface area contributed by atoms with Gasteiger partial charge in [-0.15, -0.1) is 0 Å². The molecule has 0 amide bonds. The summed E-state index contributed by atoms with van der Waals surface area (Å²) in [6, 6.07) is 0. The van der Waals surface area contributed by atoms with E-state index in [2.05, 4.69) is 39.3 Å². The zero-order valence-corrected chi connectivity index (χ0v) is 23.1. The molecular weight excluding hydrogens is 462 g/mol. The lowest BCUT2D eigenvalue weighted by Gasteiger charge is -2.63. The summed E-state index contributed by atoms with van der Waals surface area (Å²) in [6.45, 7) is 11.7. The molecule has 1 unspecified atom stereocenters. The topological polar surface area (TPSA) is 95.9 Å². The van der Waals surface area contributed by atoms with Gasteiger partial charge in [-0.3, -0.25) is 0 Å². The molecule has 35 heavy (non-hydrogen) atoms. The van der Waals surface area contributed by atoms with E-state index in [4.69, 9.17) is 4.74 Å². The Morgan fingerprint density at radius 2 is 1.80 bits per heavy atom. The van der Waals surface area contributed by atoms with Crippen LogP contribution < -0.4 is 4.72 Å². The Kier molecular flexibility index (Phi) is 5.20. The first-order valence-corrected chi connectivity index (χ1v) is 15.6. The largest absolute Gasteiger partial charge is 0.393 e. The molecule has 6 fully saturated rings. The Labute approximate surface area is 212 Å². The van der Waals surface area contributed by atoms with Crippen molar-refractivity contribution >= 4 is 10.0 Å². The summed E-state index contributed by atoms with van der Waals surface area (Å²) >= 11 is 0. The summed E-state index contributed by atoms with van der Waals surface area (Å²) in [5, 5.41) is 22.9. The zero-order chi connectivity index (χ0) is 25.4. The van der Waals surface area contributed by atoms with Crippen LogP contribution in [0.15, 0.2) is 0 Å². The van der Waals surface area contributed by atoms with Gasteiger partial charge in [0.15, 0.2) is 0 Å². The number of rotatable bonds is 3. The van der Waals surface area contributed by atoms with E-state index in [0.29, 0.717) is 24.4 Å². The molecule has 9 atom stereocenters. The monoisotopic (exact) mass is 506 g/mol. The van der Waals surface area contributed by atoms with Crippen LogP contribution >= 0.6 is 0 Å². The van der Waals surface area contributed by atoms with E-state index in [1.54, 1.807) is 5.92 Å². The molecule has 5 aliphatic carbocycles. The molecule has 197 valence electrons. The van der Waals surface area contributed by atoms with Gasteiger partial charge in [0.2, 0.25) is 10.0 Å². The van der Waals surface area contributed by atoms with Crippen molar-refractivity contribution in [2.24, 2.45) is 44.8 Å². The minimum Gasteiger partial charge on any atom is -0.393 e. The molecule has 1 heterocycles. The van der Waals surface area contributed by atoms with Crippen LogP contribution in [-0.2, 0) is 14.8 Å². The number of hydrogen-bond donors (Lipinski definition) is 3. The van der Waals surface area contributed by atoms with Crippen molar-refractivity contribution < 1.29 is 23.4 Å². The molecule has 6 aliphatic rings. The number of sulfonamides is 1. The molecule has 0 aromatic rings. The van der Waals surface area contributed by atoms with E-state index in [0.717, 1.165) is 38.2 Å². The van der Waals surface area contributed by atoms with Crippen molar-refractivity contribution in [1.82, 2.24) is 4.72 Å². The highest BCUT2D eigenvalue weighted by Crippen LogP contribution is 2.90. The van der Waals surface area contributed by atoms with Crippen molar-refractivity contribution in [1.29, 1.82) is 0 Å². The van der Waals surface area contributed by atoms with Crippen LogP contribution in [-0.4, -0.2) is 43.6 Å². The van der Waals surface area contributed by atoms with Crippen molar-refractivity contribution in [2.45, 2.75) is 98.2 Å². The molecule has 1 aliphatic heterocycles. The zero-order valence-electron chi connectivity index (χ0n) is 22.3. The summed E-state index contributed by atoms with van der Waals surface area (Å²) in [7, 11) is -3.31. The smallest absolute Gasteiger partial charge is 0.208 e. The van der Waals surface area contributed by atoms with E-state index >= 15 is 0 Å². The summed E-state index contributed by atoms with van der Waals surface area (Å²) in [5.41, 5.74) is 0.0189. The Morgan fingerprint density at radius 1 is 1.09 bits per heavy atom. The van der Waals surface area contributed by atoms with Gasteiger partial charge in [-0.25, -0.2) is 13.1 Å². The van der Waals surface area contributed by atoms with E-state index < -0.39 is 16.1 Å². The molecule has 6 rings (SSSR count). The highest BCUT2D eigenvalue weighted by Gasteiger charge is 2.85. The molecular formula is C28H44NO5S. The van der Waals surface area contributed by atoms with Crippen LogP contribution in [0, 0.1) is 63.0 Å². The van der Waals surface area contributed by atoms with Gasteiger partial charge in [0.05, 0.1) is 18.5 Å². The minimum absolute atomic E-state index is 0.0555. The lowest BCUT2D eigenvalue weighted by atomic mass is 9.41. The van der Waals surface area contributed by atoms with Crippen molar-refractivity contribution in [3.8, 4) is 0 Å². The van der Waals surface area contributed by atoms with Crippen LogP contribution in [0.3, 0.4) is 0 Å². The second-order valence-electron chi connectivity index (χ2n) is 14.2. The standard InChI is InChI=1S/C28H44NO5S/c1-16-13-17(14-29-35(6,32)33)34-22-21(16)25(4)11-12-28-15-27(28)10-9-20(30)24(2,3)18(27)7-8-19(28)26(25,5)23(22)31/h16,18,20-21,23,29-31H,7-15H2,1-6H3/t16-,18+,20?,21+,23+,25-,26-,27-,28+/m1/s1. The number of aliphatic hydroxyl groups excluding tert-OH is 2. The van der Waals surface area contributed by atoms with Gasteiger partial charge in [0, 0.05) is 17.9 Å². The van der Waals surface area contributed by atoms with Gasteiger partial charge in [0.25, 0.3) is 0 Å². The molecule has 3 radical (unpaired) electrons. The van der Waals surface area contributed by atoms with Gasteiger partial charge in [0.1, 0.15) is 12.2 Å². The molecule has 2 spiro atoms. The Hall–Kier alpha value is -0.210. The normalized spacial score (nSPS) is 53.8. The van der Waals surface area contributed by atoms with Crippen LogP contribution in [0.5, 0.6) is 0 Å². The fraction of sp³-hybridized carbons (Fsp3) is 0.893. The first-order chi connectivity index (χ1) is 16.1. The van der Waals surface area contributed by atoms with Crippen molar-refractivity contribution in [3.05, 3.63) is 18.1 Å². The van der Waals surface area contributed by atoms with E-state index in [9.17, 15) is 18.6 Å². The third-order valence-electron chi connectivity index (χ3n) is 12.6. The Balaban J connectivity index is 1.33. The van der Waals surface area contributed by atoms with Crippen LogP contribution in [0.2, 0.25) is 0 Å². The lowest BCUT2D eigenvalue weighted by molar-refractivity contribution is -0.125. The predicted molar refractivity (Wildman–Crippen MR) is 134 cm³/mol. The number of ether oxygens (including phenoxy) is 1. The summed E-state index contributed by atoms with van der Waals surface area (Å²) in [5.74, 6) is 2.59. The highest BCUT2D eigenvalue weighted by atomic mass is 32.2. The second-order valence-corrected chi connectivity index (χ2v) is 16.0. The fourth-order valence-corrected chi connectivity index (χ4v) is 11.2. The highest BCUT2D eigenvalue weighted by molar-refractivity contribution is 7.88. The van der Waals surface area contributed by atoms with Crippen molar-refractivity contribution in [2.75, 3.05) is 12.8 Å². The van der Waals surface area contributed by atoms with E-state index in [-0.39, 0.29) is 45.6 Å². The molecule has 5 saturated carbocycles. The van der Waals surface area contributed by atoms with E-state index in [1.807, 2.05) is 0 Å². The number of nitrogens with one attached hydrogen (secondary N) is 1.